The van der Waals surface area contributed by atoms with Gasteiger partial charge in [-0.05, 0) is 38.0 Å². The number of nitriles is 1. The van der Waals surface area contributed by atoms with E-state index in [1.54, 1.807) is 0 Å². The Morgan fingerprint density at radius 3 is 2.67 bits per heavy atom. The van der Waals surface area contributed by atoms with Crippen molar-refractivity contribution in [2.24, 2.45) is 11.3 Å². The van der Waals surface area contributed by atoms with Crippen LogP contribution in [0.5, 0.6) is 0 Å². The van der Waals surface area contributed by atoms with Crippen LogP contribution in [-0.4, -0.2) is 34.7 Å². The van der Waals surface area contributed by atoms with Gasteiger partial charge in [-0.25, -0.2) is 0 Å². The van der Waals surface area contributed by atoms with Crippen molar-refractivity contribution in [3.8, 4) is 6.07 Å². The largest absolute Gasteiger partial charge is 0.387 e. The van der Waals surface area contributed by atoms with Gasteiger partial charge in [0, 0.05) is 19.1 Å². The lowest BCUT2D eigenvalue weighted by molar-refractivity contribution is -0.0716. The van der Waals surface area contributed by atoms with Gasteiger partial charge in [-0.1, -0.05) is 19.8 Å². The van der Waals surface area contributed by atoms with Crippen molar-refractivity contribution in [2.45, 2.75) is 63.5 Å². The van der Waals surface area contributed by atoms with Crippen molar-refractivity contribution in [1.29, 1.82) is 5.26 Å². The first-order valence-electron chi connectivity index (χ1n) is 7.46. The quantitative estimate of drug-likeness (QED) is 0.815. The average Bonchev–Trinajstić information content (AvgIpc) is 3.13. The van der Waals surface area contributed by atoms with Crippen LogP contribution < -0.4 is 0 Å². The molecule has 3 aliphatic rings. The molecule has 3 fully saturated rings. The van der Waals surface area contributed by atoms with Crippen molar-refractivity contribution in [3.63, 3.8) is 0 Å². The molecule has 1 saturated heterocycles. The van der Waals surface area contributed by atoms with Crippen LogP contribution in [-0.2, 0) is 0 Å². The van der Waals surface area contributed by atoms with Gasteiger partial charge in [0.1, 0.15) is 0 Å². The Balaban J connectivity index is 1.80. The monoisotopic (exact) mass is 248 g/mol. The lowest BCUT2D eigenvalue weighted by Crippen LogP contribution is -2.51. The summed E-state index contributed by atoms with van der Waals surface area (Å²) in [7, 11) is 0. The second kappa shape index (κ2) is 4.21. The minimum absolute atomic E-state index is 0.478. The molecule has 1 N–H and O–H groups in total. The fourth-order valence-corrected chi connectivity index (χ4v) is 4.14. The fourth-order valence-electron chi connectivity index (χ4n) is 4.14. The molecule has 2 aliphatic carbocycles. The molecule has 1 aliphatic heterocycles. The molecule has 1 heterocycles. The zero-order chi connectivity index (χ0) is 12.8. The number of hydrogen-bond acceptors (Lipinski definition) is 3. The van der Waals surface area contributed by atoms with Gasteiger partial charge in [0.05, 0.1) is 17.1 Å². The number of nitrogens with zero attached hydrogens (tertiary/aromatic N) is 2. The highest BCUT2D eigenvalue weighted by Crippen LogP contribution is 2.51. The van der Waals surface area contributed by atoms with Gasteiger partial charge < -0.3 is 5.11 Å². The van der Waals surface area contributed by atoms with Crippen LogP contribution in [0.3, 0.4) is 0 Å². The van der Waals surface area contributed by atoms with Gasteiger partial charge in [0.2, 0.25) is 0 Å². The van der Waals surface area contributed by atoms with Crippen LogP contribution >= 0.6 is 0 Å². The van der Waals surface area contributed by atoms with Crippen LogP contribution in [0.1, 0.15) is 51.9 Å². The van der Waals surface area contributed by atoms with E-state index in [0.29, 0.717) is 12.0 Å². The van der Waals surface area contributed by atoms with E-state index in [1.165, 1.54) is 19.3 Å². The lowest BCUT2D eigenvalue weighted by atomic mass is 9.61. The lowest BCUT2D eigenvalue weighted by Gasteiger charge is -2.44. The maximum absolute atomic E-state index is 11.1. The van der Waals surface area contributed by atoms with Crippen LogP contribution in [0.25, 0.3) is 0 Å². The molecule has 3 rings (SSSR count). The van der Waals surface area contributed by atoms with Crippen molar-refractivity contribution in [3.05, 3.63) is 0 Å². The smallest absolute Gasteiger partial charge is 0.0971 e. The molecule has 0 aromatic heterocycles. The highest BCUT2D eigenvalue weighted by molar-refractivity contribution is 5.17. The number of likely N-dealkylation sites (tertiary alicyclic amines) is 1. The molecule has 2 saturated carbocycles. The van der Waals surface area contributed by atoms with Crippen molar-refractivity contribution >= 4 is 0 Å². The summed E-state index contributed by atoms with van der Waals surface area (Å²) in [5.41, 5.74) is -1.23. The molecule has 0 aromatic rings. The Bertz CT molecular complexity index is 373. The molecule has 3 heteroatoms. The molecule has 0 amide bonds. The number of rotatable bonds is 2. The van der Waals surface area contributed by atoms with Crippen LogP contribution in [0, 0.1) is 22.7 Å². The Morgan fingerprint density at radius 2 is 2.06 bits per heavy atom. The Labute approximate surface area is 110 Å². The summed E-state index contributed by atoms with van der Waals surface area (Å²) < 4.78 is 0. The molecule has 0 radical (unpaired) electrons. The van der Waals surface area contributed by atoms with Gasteiger partial charge in [-0.15, -0.1) is 0 Å². The summed E-state index contributed by atoms with van der Waals surface area (Å²) in [6.07, 6.45) is 7.45. The van der Waals surface area contributed by atoms with Gasteiger partial charge in [-0.3, -0.25) is 4.90 Å². The molecular weight excluding hydrogens is 224 g/mol. The molecule has 3 unspecified atom stereocenters. The van der Waals surface area contributed by atoms with E-state index in [0.717, 1.165) is 38.8 Å². The van der Waals surface area contributed by atoms with E-state index in [9.17, 15) is 10.4 Å². The fraction of sp³-hybridized carbons (Fsp3) is 0.933. The predicted molar refractivity (Wildman–Crippen MR) is 69.8 cm³/mol. The SMILES string of the molecule is CC1CCCC(C#N)(C2(O)CCN(C3CC3)C2)C1. The normalized spacial score (nSPS) is 45.9. The summed E-state index contributed by atoms with van der Waals surface area (Å²) in [4.78, 5) is 2.42. The van der Waals surface area contributed by atoms with Crippen molar-refractivity contribution < 1.29 is 5.11 Å². The predicted octanol–water partition coefficient (Wildman–Crippen LogP) is 2.31. The molecule has 3 atom stereocenters. The van der Waals surface area contributed by atoms with Gasteiger partial charge in [0.15, 0.2) is 0 Å². The first-order chi connectivity index (χ1) is 8.59. The average molecular weight is 248 g/mol. The van der Waals surface area contributed by atoms with Crippen LogP contribution in [0.4, 0.5) is 0 Å². The second-order valence-electron chi connectivity index (χ2n) is 6.88. The minimum Gasteiger partial charge on any atom is -0.387 e. The second-order valence-corrected chi connectivity index (χ2v) is 6.88. The van der Waals surface area contributed by atoms with E-state index >= 15 is 0 Å². The van der Waals surface area contributed by atoms with Crippen molar-refractivity contribution in [1.82, 2.24) is 4.90 Å². The topological polar surface area (TPSA) is 47.3 Å². The van der Waals surface area contributed by atoms with E-state index in [4.69, 9.17) is 0 Å². The van der Waals surface area contributed by atoms with Gasteiger partial charge in [0.25, 0.3) is 0 Å². The van der Waals surface area contributed by atoms with Crippen LogP contribution in [0.15, 0.2) is 0 Å². The van der Waals surface area contributed by atoms with E-state index < -0.39 is 11.0 Å². The summed E-state index contributed by atoms with van der Waals surface area (Å²) >= 11 is 0. The maximum atomic E-state index is 11.1. The number of hydrogen-bond donors (Lipinski definition) is 1. The molecule has 0 bridgehead atoms. The Hall–Kier alpha value is -0.590. The highest BCUT2D eigenvalue weighted by Gasteiger charge is 2.56. The zero-order valence-corrected chi connectivity index (χ0v) is 11.4. The third-order valence-electron chi connectivity index (χ3n) is 5.44. The maximum Gasteiger partial charge on any atom is 0.0971 e. The molecule has 18 heavy (non-hydrogen) atoms. The highest BCUT2D eigenvalue weighted by atomic mass is 16.3. The zero-order valence-electron chi connectivity index (χ0n) is 11.4. The molecule has 3 nitrogen and oxygen atoms in total. The third kappa shape index (κ3) is 1.87. The van der Waals surface area contributed by atoms with E-state index in [2.05, 4.69) is 17.9 Å². The third-order valence-corrected chi connectivity index (χ3v) is 5.44. The van der Waals surface area contributed by atoms with E-state index in [-0.39, 0.29) is 0 Å². The first-order valence-corrected chi connectivity index (χ1v) is 7.46. The minimum atomic E-state index is -0.751. The van der Waals surface area contributed by atoms with Crippen molar-refractivity contribution in [2.75, 3.05) is 13.1 Å². The molecular formula is C15H24N2O. The Kier molecular flexibility index (Phi) is 2.91. The molecule has 100 valence electrons. The standard InChI is InChI=1S/C15H24N2O/c1-12-3-2-6-14(9-12,10-16)15(18)7-8-17(11-15)13-4-5-13/h12-13,18H,2-9,11H2,1H3. The molecule has 0 aromatic carbocycles. The van der Waals surface area contributed by atoms with Crippen LogP contribution in [0.2, 0.25) is 0 Å². The molecule has 0 spiro atoms. The first kappa shape index (κ1) is 12.4. The summed E-state index contributed by atoms with van der Waals surface area (Å²) in [5.74, 6) is 0.581. The number of aliphatic hydroxyl groups is 1. The van der Waals surface area contributed by atoms with Gasteiger partial charge >= 0.3 is 0 Å². The van der Waals surface area contributed by atoms with E-state index in [1.807, 2.05) is 0 Å². The summed E-state index contributed by atoms with van der Waals surface area (Å²) in [6, 6.07) is 3.24. The summed E-state index contributed by atoms with van der Waals surface area (Å²) in [5, 5.41) is 20.8. The number of β-amino-alcohol motifs (C(OH)–C–C–N with tert-alkyl or cyclic N) is 1. The van der Waals surface area contributed by atoms with Gasteiger partial charge in [-0.2, -0.15) is 5.26 Å². The Morgan fingerprint density at radius 1 is 1.28 bits per heavy atom. The summed E-state index contributed by atoms with van der Waals surface area (Å²) in [6.45, 7) is 3.94.